The summed E-state index contributed by atoms with van der Waals surface area (Å²) in [5.74, 6) is -0.239. The summed E-state index contributed by atoms with van der Waals surface area (Å²) in [7, 11) is 0. The smallest absolute Gasteiger partial charge is 0.291 e. The van der Waals surface area contributed by atoms with Crippen LogP contribution in [0.25, 0.3) is 0 Å². The molecule has 0 atom stereocenters. The second-order valence-corrected chi connectivity index (χ2v) is 4.07. The van der Waals surface area contributed by atoms with E-state index in [0.717, 1.165) is 0 Å². The highest BCUT2D eigenvalue weighted by molar-refractivity contribution is 6.01. The molecule has 0 fully saturated rings. The summed E-state index contributed by atoms with van der Waals surface area (Å²) in [6.45, 7) is 3.47. The Balaban J connectivity index is 0.00000118. The molecular weight excluding hydrogens is 320 g/mol. The average Bonchev–Trinajstić information content (AvgIpc) is 2.49. The van der Waals surface area contributed by atoms with E-state index in [-0.39, 0.29) is 11.9 Å². The van der Waals surface area contributed by atoms with Gasteiger partial charge in [-0.15, -0.1) is 20.3 Å². The van der Waals surface area contributed by atoms with Gasteiger partial charge in [0.25, 0.3) is 5.09 Å². The fourth-order valence-corrected chi connectivity index (χ4v) is 1.21. The fourth-order valence-electron chi connectivity index (χ4n) is 1.21. The van der Waals surface area contributed by atoms with Gasteiger partial charge >= 0.3 is 0 Å². The summed E-state index contributed by atoms with van der Waals surface area (Å²) >= 11 is 0. The Morgan fingerprint density at radius 1 is 1.00 bits per heavy atom. The monoisotopic (exact) mass is 338 g/mol. The Bertz CT molecular complexity index is 634. The lowest BCUT2D eigenvalue weighted by atomic mass is 10.2. The third kappa shape index (κ3) is 9.22. The molecule has 0 unspecified atom stereocenters. The minimum atomic E-state index is -1.50. The second-order valence-electron chi connectivity index (χ2n) is 4.07. The quantitative estimate of drug-likeness (QED) is 0.192. The first-order chi connectivity index (χ1) is 11.1. The Labute approximate surface area is 136 Å². The summed E-state index contributed by atoms with van der Waals surface area (Å²) in [5.41, 5.74) is 23.2. The zero-order valence-electron chi connectivity index (χ0n) is 13.0. The topological polar surface area (TPSA) is 230 Å². The van der Waals surface area contributed by atoms with Crippen molar-refractivity contribution in [3.63, 3.8) is 0 Å². The van der Waals surface area contributed by atoms with Crippen molar-refractivity contribution in [1.29, 1.82) is 0 Å². The highest BCUT2D eigenvalue weighted by Gasteiger charge is 2.04. The maximum Gasteiger partial charge on any atom is 0.291 e. The molecule has 0 radical (unpaired) electrons. The van der Waals surface area contributed by atoms with E-state index in [9.17, 15) is 0 Å². The minimum Gasteiger partial charge on any atom is -0.369 e. The lowest BCUT2D eigenvalue weighted by Gasteiger charge is -2.02. The van der Waals surface area contributed by atoms with Crippen molar-refractivity contribution in [3.05, 3.63) is 39.7 Å². The molecule has 1 rings (SSSR count). The predicted molar refractivity (Wildman–Crippen MR) is 89.1 cm³/mol. The fraction of sp³-hybridized carbons (Fsp3) is 0.182. The van der Waals surface area contributed by atoms with Crippen LogP contribution in [-0.2, 0) is 0 Å². The van der Waals surface area contributed by atoms with Crippen molar-refractivity contribution >= 4 is 23.3 Å². The molecule has 0 spiro atoms. The second kappa shape index (κ2) is 10.0. The van der Waals surface area contributed by atoms with Crippen molar-refractivity contribution in [1.82, 2.24) is 4.98 Å². The van der Waals surface area contributed by atoms with E-state index >= 15 is 0 Å². The van der Waals surface area contributed by atoms with Crippen LogP contribution in [0.5, 0.6) is 0 Å². The molecule has 0 aliphatic heterocycles. The molecule has 1 aromatic heterocycles. The molecule has 1 aromatic rings. The molecule has 0 aliphatic rings. The van der Waals surface area contributed by atoms with Gasteiger partial charge in [-0.1, -0.05) is 6.07 Å². The van der Waals surface area contributed by atoms with Crippen LogP contribution in [0.4, 0.5) is 0 Å². The van der Waals surface area contributed by atoms with Crippen LogP contribution in [0, 0.1) is 10.1 Å². The number of nitrogens with zero attached hydrogens (tertiary/aromatic N) is 6. The zero-order chi connectivity index (χ0) is 18.7. The van der Waals surface area contributed by atoms with E-state index in [2.05, 4.69) is 25.4 Å². The first-order valence-corrected chi connectivity index (χ1v) is 6.21. The average molecular weight is 338 g/mol. The maximum atomic E-state index is 8.36. The zero-order valence-corrected chi connectivity index (χ0v) is 13.0. The van der Waals surface area contributed by atoms with Crippen molar-refractivity contribution < 1.29 is 10.3 Å². The van der Waals surface area contributed by atoms with Gasteiger partial charge in [0.2, 0.25) is 11.9 Å². The van der Waals surface area contributed by atoms with Crippen LogP contribution in [-0.4, -0.2) is 38.6 Å². The molecule has 0 aromatic carbocycles. The molecule has 1 heterocycles. The molecule has 0 saturated heterocycles. The first kappa shape index (κ1) is 20.2. The third-order valence-corrected chi connectivity index (χ3v) is 2.12. The van der Waals surface area contributed by atoms with Crippen LogP contribution in [0.2, 0.25) is 0 Å². The number of hydrogen-bond acceptors (Lipinski definition) is 7. The number of rotatable bonds is 4. The van der Waals surface area contributed by atoms with Crippen molar-refractivity contribution in [2.75, 3.05) is 0 Å². The van der Waals surface area contributed by atoms with E-state index in [1.165, 1.54) is 0 Å². The van der Waals surface area contributed by atoms with Gasteiger partial charge in [0.1, 0.15) is 0 Å². The summed E-state index contributed by atoms with van der Waals surface area (Å²) < 4.78 is 0. The summed E-state index contributed by atoms with van der Waals surface area (Å²) in [6.07, 6.45) is 0. The van der Waals surface area contributed by atoms with Crippen molar-refractivity contribution in [3.8, 4) is 0 Å². The Morgan fingerprint density at radius 3 is 1.62 bits per heavy atom. The van der Waals surface area contributed by atoms with Gasteiger partial charge in [0.05, 0.1) is 22.8 Å². The standard InChI is InChI=1S/C11H17N9.HNO3/c1-6(17-19-10(12)13)8-4-3-5-9(16-8)7(2)18-20-11(14)15;2-1(3)4/h3-5H,1-2H3,(H4,12,13,19)(H4,14,15,20);(H,2,3,4)/b17-6+,18-7+;. The van der Waals surface area contributed by atoms with Crippen LogP contribution < -0.4 is 22.9 Å². The van der Waals surface area contributed by atoms with Crippen LogP contribution in [0.15, 0.2) is 38.6 Å². The van der Waals surface area contributed by atoms with Gasteiger partial charge in [0.15, 0.2) is 0 Å². The van der Waals surface area contributed by atoms with E-state index in [0.29, 0.717) is 22.8 Å². The van der Waals surface area contributed by atoms with Crippen LogP contribution in [0.3, 0.4) is 0 Å². The minimum absolute atomic E-state index is 0.119. The molecule has 130 valence electrons. The van der Waals surface area contributed by atoms with Crippen LogP contribution >= 0.6 is 0 Å². The molecule has 0 amide bonds. The molecule has 0 aliphatic carbocycles. The lowest BCUT2D eigenvalue weighted by molar-refractivity contribution is -0.742. The maximum absolute atomic E-state index is 8.36. The lowest BCUT2D eigenvalue weighted by Crippen LogP contribution is -2.22. The number of nitrogens with two attached hydrogens (primary N) is 4. The molecular formula is C11H18N10O3. The van der Waals surface area contributed by atoms with E-state index < -0.39 is 5.09 Å². The Kier molecular flexibility index (Phi) is 8.46. The Morgan fingerprint density at radius 2 is 1.33 bits per heavy atom. The Hall–Kier alpha value is -3.77. The summed E-state index contributed by atoms with van der Waals surface area (Å²) in [4.78, 5) is 12.7. The largest absolute Gasteiger partial charge is 0.369 e. The number of hydrogen-bond donors (Lipinski definition) is 5. The van der Waals surface area contributed by atoms with Gasteiger partial charge in [-0.3, -0.25) is 0 Å². The molecule has 13 heteroatoms. The molecule has 0 saturated carbocycles. The van der Waals surface area contributed by atoms with E-state index in [4.69, 9.17) is 38.3 Å². The van der Waals surface area contributed by atoms with Crippen LogP contribution in [0.1, 0.15) is 25.2 Å². The SMILES string of the molecule is C/C(=N\N=C(N)N)c1cccc(/C(C)=N/N=C(N)N)n1.O=[N+]([O-])O. The van der Waals surface area contributed by atoms with Crippen molar-refractivity contribution in [2.24, 2.45) is 43.3 Å². The number of pyridine rings is 1. The van der Waals surface area contributed by atoms with Crippen molar-refractivity contribution in [2.45, 2.75) is 13.8 Å². The molecule has 9 N–H and O–H groups in total. The van der Waals surface area contributed by atoms with Gasteiger partial charge in [-0.2, -0.15) is 10.2 Å². The highest BCUT2D eigenvalue weighted by Crippen LogP contribution is 2.03. The molecule has 24 heavy (non-hydrogen) atoms. The molecule has 13 nitrogen and oxygen atoms in total. The normalized spacial score (nSPS) is 10.9. The van der Waals surface area contributed by atoms with E-state index in [1.807, 2.05) is 0 Å². The number of guanidine groups is 2. The molecule has 0 bridgehead atoms. The van der Waals surface area contributed by atoms with Gasteiger partial charge in [-0.05, 0) is 26.0 Å². The summed E-state index contributed by atoms with van der Waals surface area (Å²) in [6, 6.07) is 5.36. The van der Waals surface area contributed by atoms with E-state index in [1.54, 1.807) is 32.0 Å². The van der Waals surface area contributed by atoms with Gasteiger partial charge in [0, 0.05) is 0 Å². The highest BCUT2D eigenvalue weighted by atomic mass is 16.9. The number of aromatic nitrogens is 1. The summed E-state index contributed by atoms with van der Waals surface area (Å²) in [5, 5.41) is 28.5. The third-order valence-electron chi connectivity index (χ3n) is 2.12. The first-order valence-electron chi connectivity index (χ1n) is 6.21. The van der Waals surface area contributed by atoms with Gasteiger partial charge in [-0.25, -0.2) is 4.98 Å². The predicted octanol–water partition coefficient (Wildman–Crippen LogP) is -1.27. The van der Waals surface area contributed by atoms with Gasteiger partial charge < -0.3 is 28.1 Å².